The minimum atomic E-state index is -0.447. The molecule has 1 spiro atoms. The standard InChI is InChI=1S/C14H21BrN4O2/c1-13(2,3)21-12(20)18-6-4-5-14(8-18)7-10-11(15)16-17-19(10)9-14/h4-9H2,1-3H3. The monoisotopic (exact) mass is 356 g/mol. The fourth-order valence-corrected chi connectivity index (χ4v) is 3.71. The molecule has 7 heteroatoms. The predicted octanol–water partition coefficient (Wildman–Crippen LogP) is 2.61. The van der Waals surface area contributed by atoms with Gasteiger partial charge in [0, 0.05) is 24.9 Å². The number of hydrogen-bond donors (Lipinski definition) is 0. The molecule has 0 saturated carbocycles. The molecule has 21 heavy (non-hydrogen) atoms. The Balaban J connectivity index is 1.71. The third-order valence-electron chi connectivity index (χ3n) is 4.13. The third kappa shape index (κ3) is 2.93. The number of aromatic nitrogens is 3. The molecule has 1 fully saturated rings. The highest BCUT2D eigenvalue weighted by atomic mass is 79.9. The number of halogens is 1. The van der Waals surface area contributed by atoms with Crippen molar-refractivity contribution >= 4 is 22.0 Å². The van der Waals surface area contributed by atoms with Crippen LogP contribution in [-0.2, 0) is 17.7 Å². The summed E-state index contributed by atoms with van der Waals surface area (Å²) >= 11 is 3.45. The van der Waals surface area contributed by atoms with Crippen LogP contribution in [0.2, 0.25) is 0 Å². The molecule has 2 aliphatic rings. The van der Waals surface area contributed by atoms with Crippen molar-refractivity contribution in [3.63, 3.8) is 0 Å². The average molecular weight is 357 g/mol. The van der Waals surface area contributed by atoms with Gasteiger partial charge >= 0.3 is 6.09 Å². The van der Waals surface area contributed by atoms with Gasteiger partial charge in [0.2, 0.25) is 0 Å². The molecule has 1 atom stereocenters. The average Bonchev–Trinajstić information content (AvgIpc) is 2.87. The van der Waals surface area contributed by atoms with Crippen LogP contribution >= 0.6 is 15.9 Å². The summed E-state index contributed by atoms with van der Waals surface area (Å²) in [5.74, 6) is 0. The quantitative estimate of drug-likeness (QED) is 0.716. The highest BCUT2D eigenvalue weighted by molar-refractivity contribution is 9.10. The highest BCUT2D eigenvalue weighted by Crippen LogP contribution is 2.41. The van der Waals surface area contributed by atoms with Crippen molar-refractivity contribution < 1.29 is 9.53 Å². The van der Waals surface area contributed by atoms with E-state index in [4.69, 9.17) is 4.74 Å². The molecular formula is C14H21BrN4O2. The molecule has 6 nitrogen and oxygen atoms in total. The minimum Gasteiger partial charge on any atom is -0.444 e. The summed E-state index contributed by atoms with van der Waals surface area (Å²) < 4.78 is 8.29. The topological polar surface area (TPSA) is 60.2 Å². The molecule has 1 aromatic rings. The number of piperidine rings is 1. The fraction of sp³-hybridized carbons (Fsp3) is 0.786. The Bertz CT molecular complexity index is 566. The summed E-state index contributed by atoms with van der Waals surface area (Å²) in [4.78, 5) is 14.1. The first kappa shape index (κ1) is 14.8. The van der Waals surface area contributed by atoms with Crippen LogP contribution in [0.25, 0.3) is 0 Å². The second kappa shape index (κ2) is 4.97. The molecule has 3 heterocycles. The number of rotatable bonds is 0. The van der Waals surface area contributed by atoms with Gasteiger partial charge in [-0.15, -0.1) is 5.10 Å². The number of fused-ring (bicyclic) bond motifs is 1. The van der Waals surface area contributed by atoms with E-state index < -0.39 is 5.60 Å². The van der Waals surface area contributed by atoms with Crippen molar-refractivity contribution in [2.45, 2.75) is 52.2 Å². The Labute approximate surface area is 132 Å². The number of hydrogen-bond acceptors (Lipinski definition) is 4. The van der Waals surface area contributed by atoms with Gasteiger partial charge in [0.05, 0.1) is 12.2 Å². The Morgan fingerprint density at radius 1 is 1.38 bits per heavy atom. The van der Waals surface area contributed by atoms with E-state index in [0.717, 1.165) is 49.2 Å². The first-order chi connectivity index (χ1) is 9.78. The van der Waals surface area contributed by atoms with Gasteiger partial charge in [-0.2, -0.15) is 0 Å². The summed E-state index contributed by atoms with van der Waals surface area (Å²) in [6.45, 7) is 8.05. The Morgan fingerprint density at radius 2 is 2.14 bits per heavy atom. The van der Waals surface area contributed by atoms with Gasteiger partial charge in [0.25, 0.3) is 0 Å². The lowest BCUT2D eigenvalue weighted by molar-refractivity contribution is 0.00361. The molecule has 0 N–H and O–H groups in total. The van der Waals surface area contributed by atoms with Gasteiger partial charge in [0.15, 0.2) is 4.60 Å². The van der Waals surface area contributed by atoms with Crippen molar-refractivity contribution in [1.29, 1.82) is 0 Å². The SMILES string of the molecule is CC(C)(C)OC(=O)N1CCCC2(Cc3c(Br)nnn3C2)C1. The van der Waals surface area contributed by atoms with E-state index in [9.17, 15) is 4.79 Å². The molecule has 1 saturated heterocycles. The van der Waals surface area contributed by atoms with E-state index in [0.29, 0.717) is 0 Å². The van der Waals surface area contributed by atoms with Gasteiger partial charge in [-0.25, -0.2) is 9.48 Å². The largest absolute Gasteiger partial charge is 0.444 e. The van der Waals surface area contributed by atoms with Gasteiger partial charge < -0.3 is 9.64 Å². The molecule has 116 valence electrons. The number of carbonyl (C=O) groups excluding carboxylic acids is 1. The molecular weight excluding hydrogens is 336 g/mol. The van der Waals surface area contributed by atoms with Gasteiger partial charge in [-0.1, -0.05) is 5.21 Å². The third-order valence-corrected chi connectivity index (χ3v) is 4.75. The lowest BCUT2D eigenvalue weighted by Crippen LogP contribution is -2.48. The summed E-state index contributed by atoms with van der Waals surface area (Å²) in [7, 11) is 0. The van der Waals surface area contributed by atoms with Crippen LogP contribution in [0.1, 0.15) is 39.3 Å². The maximum atomic E-state index is 12.3. The zero-order chi connectivity index (χ0) is 15.3. The van der Waals surface area contributed by atoms with E-state index in [1.165, 1.54) is 0 Å². The van der Waals surface area contributed by atoms with Crippen LogP contribution in [-0.4, -0.2) is 44.7 Å². The minimum absolute atomic E-state index is 0.0863. The Morgan fingerprint density at radius 3 is 2.81 bits per heavy atom. The number of carbonyl (C=O) groups is 1. The Kier molecular flexibility index (Phi) is 3.50. The van der Waals surface area contributed by atoms with E-state index in [-0.39, 0.29) is 11.5 Å². The van der Waals surface area contributed by atoms with E-state index >= 15 is 0 Å². The molecule has 0 bridgehead atoms. The zero-order valence-corrected chi connectivity index (χ0v) is 14.3. The van der Waals surface area contributed by atoms with Crippen molar-refractivity contribution in [2.24, 2.45) is 5.41 Å². The normalized spacial score (nSPS) is 25.2. The number of ether oxygens (including phenoxy) is 1. The van der Waals surface area contributed by atoms with Crippen molar-refractivity contribution in [3.8, 4) is 0 Å². The molecule has 0 aromatic carbocycles. The summed E-state index contributed by atoms with van der Waals surface area (Å²) in [6.07, 6.45) is 2.83. The molecule has 1 aromatic heterocycles. The zero-order valence-electron chi connectivity index (χ0n) is 12.7. The van der Waals surface area contributed by atoms with Crippen LogP contribution in [0.15, 0.2) is 4.60 Å². The maximum Gasteiger partial charge on any atom is 0.410 e. The number of amides is 1. The van der Waals surface area contributed by atoms with Gasteiger partial charge in [0.1, 0.15) is 5.60 Å². The molecule has 1 unspecified atom stereocenters. The predicted molar refractivity (Wildman–Crippen MR) is 80.9 cm³/mol. The van der Waals surface area contributed by atoms with Gasteiger partial charge in [-0.3, -0.25) is 0 Å². The second-order valence-electron chi connectivity index (χ2n) is 7.17. The van der Waals surface area contributed by atoms with Crippen LogP contribution in [0.4, 0.5) is 4.79 Å². The van der Waals surface area contributed by atoms with E-state index in [2.05, 4.69) is 26.2 Å². The lowest BCUT2D eigenvalue weighted by atomic mass is 9.78. The van der Waals surface area contributed by atoms with Crippen LogP contribution in [0.5, 0.6) is 0 Å². The molecule has 0 aliphatic carbocycles. The maximum absolute atomic E-state index is 12.3. The lowest BCUT2D eigenvalue weighted by Gasteiger charge is -2.40. The van der Waals surface area contributed by atoms with Crippen LogP contribution < -0.4 is 0 Å². The summed E-state index contributed by atoms with van der Waals surface area (Å²) in [5.41, 5.74) is 0.779. The van der Waals surface area contributed by atoms with E-state index in [1.807, 2.05) is 30.4 Å². The molecule has 3 rings (SSSR count). The highest BCUT2D eigenvalue weighted by Gasteiger charge is 2.44. The van der Waals surface area contributed by atoms with Gasteiger partial charge in [-0.05, 0) is 49.5 Å². The van der Waals surface area contributed by atoms with Crippen LogP contribution in [0.3, 0.4) is 0 Å². The first-order valence-electron chi connectivity index (χ1n) is 7.34. The van der Waals surface area contributed by atoms with E-state index in [1.54, 1.807) is 0 Å². The summed E-state index contributed by atoms with van der Waals surface area (Å²) in [5, 5.41) is 8.20. The molecule has 1 amide bonds. The van der Waals surface area contributed by atoms with Crippen molar-refractivity contribution in [1.82, 2.24) is 19.9 Å². The first-order valence-corrected chi connectivity index (χ1v) is 8.13. The molecule has 2 aliphatic heterocycles. The smallest absolute Gasteiger partial charge is 0.410 e. The molecule has 0 radical (unpaired) electrons. The van der Waals surface area contributed by atoms with Crippen molar-refractivity contribution in [3.05, 3.63) is 10.3 Å². The van der Waals surface area contributed by atoms with Crippen LogP contribution in [0, 0.1) is 5.41 Å². The fourth-order valence-electron chi connectivity index (χ4n) is 3.30. The Hall–Kier alpha value is -1.11. The number of nitrogens with zero attached hydrogens (tertiary/aromatic N) is 4. The summed E-state index contributed by atoms with van der Waals surface area (Å²) in [6, 6.07) is 0. The number of likely N-dealkylation sites (tertiary alicyclic amines) is 1. The van der Waals surface area contributed by atoms with Crippen molar-refractivity contribution in [2.75, 3.05) is 13.1 Å². The second-order valence-corrected chi connectivity index (χ2v) is 7.92.